The maximum Gasteiger partial charge on any atom is 0.252 e. The molecule has 0 aliphatic carbocycles. The van der Waals surface area contributed by atoms with Crippen LogP contribution in [0.3, 0.4) is 0 Å². The first-order valence-corrected chi connectivity index (χ1v) is 9.85. The quantitative estimate of drug-likeness (QED) is 0.420. The normalized spacial score (nSPS) is 18.1. The van der Waals surface area contributed by atoms with Gasteiger partial charge in [0, 0.05) is 20.0 Å². The molecule has 1 atom stereocenters. The Labute approximate surface area is 153 Å². The second-order valence-corrected chi connectivity index (χ2v) is 8.08. The zero-order valence-corrected chi connectivity index (χ0v) is 16.8. The van der Waals surface area contributed by atoms with E-state index in [0.29, 0.717) is 13.1 Å². The Morgan fingerprint density at radius 2 is 1.76 bits per heavy atom. The van der Waals surface area contributed by atoms with E-state index in [4.69, 9.17) is 0 Å². The number of hydrogen-bond donors (Lipinski definition) is 0. The van der Waals surface area contributed by atoms with Crippen LogP contribution in [-0.2, 0) is 14.4 Å². The van der Waals surface area contributed by atoms with E-state index in [0.717, 1.165) is 32.1 Å². The van der Waals surface area contributed by atoms with Crippen molar-refractivity contribution in [3.63, 3.8) is 0 Å². The van der Waals surface area contributed by atoms with Gasteiger partial charge in [0.25, 0.3) is 5.91 Å². The van der Waals surface area contributed by atoms with Crippen LogP contribution in [-0.4, -0.2) is 46.7 Å². The van der Waals surface area contributed by atoms with Crippen LogP contribution in [0.5, 0.6) is 0 Å². The van der Waals surface area contributed by atoms with Crippen molar-refractivity contribution in [3.8, 4) is 0 Å². The molecule has 144 valence electrons. The summed E-state index contributed by atoms with van der Waals surface area (Å²) in [6.45, 7) is 11.0. The van der Waals surface area contributed by atoms with Crippen LogP contribution in [0.15, 0.2) is 0 Å². The minimum Gasteiger partial charge on any atom is -0.330 e. The van der Waals surface area contributed by atoms with Gasteiger partial charge < -0.3 is 4.90 Å². The largest absolute Gasteiger partial charge is 0.330 e. The van der Waals surface area contributed by atoms with Crippen molar-refractivity contribution >= 4 is 17.7 Å². The number of rotatable bonds is 11. The van der Waals surface area contributed by atoms with E-state index in [9.17, 15) is 14.4 Å². The van der Waals surface area contributed by atoms with E-state index < -0.39 is 6.04 Å². The number of likely N-dealkylation sites (tertiary alicyclic amines) is 1. The van der Waals surface area contributed by atoms with Gasteiger partial charge in [-0.3, -0.25) is 19.3 Å². The molecular weight excluding hydrogens is 316 g/mol. The highest BCUT2D eigenvalue weighted by Crippen LogP contribution is 2.28. The van der Waals surface area contributed by atoms with E-state index in [1.165, 1.54) is 24.7 Å². The van der Waals surface area contributed by atoms with Gasteiger partial charge in [-0.15, -0.1) is 0 Å². The summed E-state index contributed by atoms with van der Waals surface area (Å²) in [7, 11) is 0. The first kappa shape index (κ1) is 21.7. The van der Waals surface area contributed by atoms with E-state index in [1.54, 1.807) is 4.90 Å². The molecule has 3 amide bonds. The smallest absolute Gasteiger partial charge is 0.252 e. The number of hydrogen-bond acceptors (Lipinski definition) is 3. The van der Waals surface area contributed by atoms with Crippen molar-refractivity contribution in [1.82, 2.24) is 9.80 Å². The van der Waals surface area contributed by atoms with Crippen LogP contribution >= 0.6 is 0 Å². The molecule has 0 saturated carbocycles. The Morgan fingerprint density at radius 1 is 1.12 bits per heavy atom. The van der Waals surface area contributed by atoms with Gasteiger partial charge in [0.15, 0.2) is 0 Å². The fourth-order valence-corrected chi connectivity index (χ4v) is 3.68. The summed E-state index contributed by atoms with van der Waals surface area (Å²) in [6.07, 6.45) is 7.53. The highest BCUT2D eigenvalue weighted by atomic mass is 16.2. The molecule has 25 heavy (non-hydrogen) atoms. The topological polar surface area (TPSA) is 57.7 Å². The van der Waals surface area contributed by atoms with Crippen molar-refractivity contribution in [2.75, 3.05) is 13.1 Å². The lowest BCUT2D eigenvalue weighted by Gasteiger charge is -2.34. The molecule has 1 saturated heterocycles. The van der Waals surface area contributed by atoms with Crippen molar-refractivity contribution in [2.24, 2.45) is 5.41 Å². The average molecular weight is 353 g/mol. The minimum atomic E-state index is -0.614. The summed E-state index contributed by atoms with van der Waals surface area (Å²) in [5.41, 5.74) is -0.0582. The highest BCUT2D eigenvalue weighted by molar-refractivity contribution is 6.06. The lowest BCUT2D eigenvalue weighted by atomic mass is 9.87. The Balaban J connectivity index is 2.71. The van der Waals surface area contributed by atoms with Crippen LogP contribution in [0.4, 0.5) is 0 Å². The molecule has 5 nitrogen and oxygen atoms in total. The van der Waals surface area contributed by atoms with Gasteiger partial charge in [-0.2, -0.15) is 0 Å². The number of amides is 3. The molecule has 0 spiro atoms. The zero-order chi connectivity index (χ0) is 19.0. The van der Waals surface area contributed by atoms with E-state index >= 15 is 0 Å². The first-order chi connectivity index (χ1) is 11.7. The van der Waals surface area contributed by atoms with Gasteiger partial charge in [0.2, 0.25) is 11.8 Å². The van der Waals surface area contributed by atoms with Gasteiger partial charge in [-0.25, -0.2) is 0 Å². The second kappa shape index (κ2) is 9.93. The molecule has 1 rings (SSSR count). The molecule has 0 radical (unpaired) electrons. The molecule has 1 aliphatic heterocycles. The van der Waals surface area contributed by atoms with E-state index in [2.05, 4.69) is 27.7 Å². The van der Waals surface area contributed by atoms with Crippen molar-refractivity contribution in [3.05, 3.63) is 0 Å². The maximum absolute atomic E-state index is 12.7. The summed E-state index contributed by atoms with van der Waals surface area (Å²) >= 11 is 0. The van der Waals surface area contributed by atoms with Crippen LogP contribution in [0.1, 0.15) is 86.0 Å². The first-order valence-electron chi connectivity index (χ1n) is 9.85. The number of carbonyl (C=O) groups excluding carboxylic acids is 3. The summed E-state index contributed by atoms with van der Waals surface area (Å²) in [5.74, 6) is -0.451. The third kappa shape index (κ3) is 6.44. The molecule has 1 heterocycles. The highest BCUT2D eigenvalue weighted by Gasteiger charge is 2.43. The third-order valence-electron chi connectivity index (χ3n) is 5.01. The molecule has 0 N–H and O–H groups in total. The van der Waals surface area contributed by atoms with Gasteiger partial charge in [-0.05, 0) is 18.3 Å². The molecule has 1 fully saturated rings. The zero-order valence-electron chi connectivity index (χ0n) is 16.8. The number of unbranched alkanes of at least 4 members (excludes halogenated alkanes) is 4. The molecule has 1 aliphatic rings. The van der Waals surface area contributed by atoms with Crippen LogP contribution in [0.25, 0.3) is 0 Å². The summed E-state index contributed by atoms with van der Waals surface area (Å²) in [4.78, 5) is 40.2. The van der Waals surface area contributed by atoms with E-state index in [1.807, 2.05) is 0 Å². The predicted octanol–water partition coefficient (Wildman–Crippen LogP) is 3.76. The average Bonchev–Trinajstić information content (AvgIpc) is 2.79. The molecule has 0 aromatic heterocycles. The lowest BCUT2D eigenvalue weighted by Crippen LogP contribution is -2.48. The Hall–Kier alpha value is -1.39. The summed E-state index contributed by atoms with van der Waals surface area (Å²) in [5, 5.41) is 0. The second-order valence-electron chi connectivity index (χ2n) is 8.08. The van der Waals surface area contributed by atoms with Crippen LogP contribution in [0, 0.1) is 5.41 Å². The van der Waals surface area contributed by atoms with Gasteiger partial charge in [0.05, 0.1) is 6.42 Å². The van der Waals surface area contributed by atoms with Crippen molar-refractivity contribution in [1.29, 1.82) is 0 Å². The lowest BCUT2D eigenvalue weighted by molar-refractivity contribution is -0.144. The van der Waals surface area contributed by atoms with Crippen LogP contribution in [0.2, 0.25) is 0 Å². The van der Waals surface area contributed by atoms with Gasteiger partial charge in [-0.1, -0.05) is 59.8 Å². The van der Waals surface area contributed by atoms with E-state index in [-0.39, 0.29) is 29.6 Å². The molecule has 0 bridgehead atoms. The van der Waals surface area contributed by atoms with Crippen LogP contribution < -0.4 is 0 Å². The molecule has 0 aromatic carbocycles. The number of imide groups is 1. The predicted molar refractivity (Wildman–Crippen MR) is 100.0 cm³/mol. The monoisotopic (exact) mass is 352 g/mol. The van der Waals surface area contributed by atoms with Crippen molar-refractivity contribution in [2.45, 2.75) is 92.0 Å². The molecule has 1 unspecified atom stereocenters. The summed E-state index contributed by atoms with van der Waals surface area (Å²) in [6, 6.07) is -0.614. The third-order valence-corrected chi connectivity index (χ3v) is 5.01. The molecule has 0 aromatic rings. The SMILES string of the molecule is CCCCCCCN1C(=O)CC(N(CC(C)(C)CCC)C(C)=O)C1=O. The fraction of sp³-hybridized carbons (Fsp3) is 0.850. The Bertz CT molecular complexity index is 474. The van der Waals surface area contributed by atoms with Gasteiger partial charge in [0.1, 0.15) is 6.04 Å². The number of nitrogens with zero attached hydrogens (tertiary/aromatic N) is 2. The molecular formula is C20H36N2O3. The minimum absolute atomic E-state index is 0.0582. The standard InChI is InChI=1S/C20H36N2O3/c1-6-8-9-10-11-13-21-18(24)14-17(19(21)25)22(16(3)23)15-20(4,5)12-7-2/h17H,6-15H2,1-5H3. The Morgan fingerprint density at radius 3 is 2.32 bits per heavy atom. The summed E-state index contributed by atoms with van der Waals surface area (Å²) < 4.78 is 0. The van der Waals surface area contributed by atoms with Gasteiger partial charge >= 0.3 is 0 Å². The number of carbonyl (C=O) groups is 3. The maximum atomic E-state index is 12.7. The molecule has 5 heteroatoms. The fourth-order valence-electron chi connectivity index (χ4n) is 3.68. The Kier molecular flexibility index (Phi) is 8.60. The van der Waals surface area contributed by atoms with Crippen molar-refractivity contribution < 1.29 is 14.4 Å².